The average molecular weight is 204 g/mol. The summed E-state index contributed by atoms with van der Waals surface area (Å²) in [6.07, 6.45) is 3.92. The highest BCUT2D eigenvalue weighted by atomic mass is 16.5. The van der Waals surface area contributed by atoms with Gasteiger partial charge in [-0.15, -0.1) is 0 Å². The second-order valence-corrected chi connectivity index (χ2v) is 3.89. The van der Waals surface area contributed by atoms with Gasteiger partial charge >= 0.3 is 5.97 Å². The molecule has 2 nitrogen and oxygen atoms in total. The number of hydrogen-bond acceptors (Lipinski definition) is 2. The van der Waals surface area contributed by atoms with E-state index in [0.29, 0.717) is 13.0 Å². The predicted octanol–water partition coefficient (Wildman–Crippen LogP) is 2.28. The van der Waals surface area contributed by atoms with Crippen molar-refractivity contribution in [1.82, 2.24) is 0 Å². The Labute approximate surface area is 90.3 Å². The number of esters is 1. The van der Waals surface area contributed by atoms with Crippen LogP contribution in [0.5, 0.6) is 0 Å². The lowest BCUT2D eigenvalue weighted by Crippen LogP contribution is -2.09. The van der Waals surface area contributed by atoms with Gasteiger partial charge in [-0.25, -0.2) is 0 Å². The molecule has 80 valence electrons. The molecule has 0 aromatic heterocycles. The number of benzene rings is 1. The summed E-state index contributed by atoms with van der Waals surface area (Å²) in [6, 6.07) is 6.25. The molecule has 0 radical (unpaired) electrons. The van der Waals surface area contributed by atoms with Crippen molar-refractivity contribution >= 4 is 5.97 Å². The van der Waals surface area contributed by atoms with Gasteiger partial charge in [-0.1, -0.05) is 18.2 Å². The minimum absolute atomic E-state index is 0.113. The van der Waals surface area contributed by atoms with E-state index in [1.165, 1.54) is 17.5 Å². The van der Waals surface area contributed by atoms with Crippen LogP contribution < -0.4 is 0 Å². The van der Waals surface area contributed by atoms with E-state index in [1.807, 2.05) is 19.1 Å². The van der Waals surface area contributed by atoms with E-state index in [-0.39, 0.29) is 5.97 Å². The number of hydrogen-bond donors (Lipinski definition) is 0. The fraction of sp³-hybridized carbons (Fsp3) is 0.462. The Bertz CT molecular complexity index is 369. The molecule has 0 atom stereocenters. The maximum absolute atomic E-state index is 11.4. The first-order chi connectivity index (χ1) is 7.31. The van der Waals surface area contributed by atoms with Crippen molar-refractivity contribution in [1.29, 1.82) is 0 Å². The molecule has 0 bridgehead atoms. The zero-order valence-electron chi connectivity index (χ0n) is 9.08. The molecule has 0 saturated heterocycles. The molecule has 1 aliphatic carbocycles. The summed E-state index contributed by atoms with van der Waals surface area (Å²) < 4.78 is 4.97. The van der Waals surface area contributed by atoms with Crippen molar-refractivity contribution in [2.24, 2.45) is 0 Å². The van der Waals surface area contributed by atoms with Gasteiger partial charge in [0.05, 0.1) is 13.0 Å². The maximum atomic E-state index is 11.4. The third-order valence-corrected chi connectivity index (χ3v) is 2.88. The lowest BCUT2D eigenvalue weighted by molar-refractivity contribution is -0.142. The summed E-state index contributed by atoms with van der Waals surface area (Å²) in [4.78, 5) is 11.4. The molecule has 0 unspecified atom stereocenters. The summed E-state index contributed by atoms with van der Waals surface area (Å²) >= 11 is 0. The van der Waals surface area contributed by atoms with Crippen LogP contribution in [0, 0.1) is 0 Å². The molecule has 0 aliphatic heterocycles. The average Bonchev–Trinajstić information content (AvgIpc) is 2.67. The Balaban J connectivity index is 2.15. The number of carbonyl (C=O) groups excluding carboxylic acids is 1. The first-order valence-electron chi connectivity index (χ1n) is 5.56. The van der Waals surface area contributed by atoms with Crippen LogP contribution in [0.4, 0.5) is 0 Å². The number of ether oxygens (including phenoxy) is 1. The highest BCUT2D eigenvalue weighted by Gasteiger charge is 2.16. The van der Waals surface area contributed by atoms with Crippen LogP contribution in [-0.4, -0.2) is 12.6 Å². The van der Waals surface area contributed by atoms with Gasteiger partial charge in [-0.2, -0.15) is 0 Å². The smallest absolute Gasteiger partial charge is 0.310 e. The molecule has 0 amide bonds. The molecule has 1 aromatic carbocycles. The van der Waals surface area contributed by atoms with Crippen molar-refractivity contribution in [3.05, 3.63) is 34.9 Å². The fourth-order valence-electron chi connectivity index (χ4n) is 2.23. The Morgan fingerprint density at radius 2 is 2.27 bits per heavy atom. The van der Waals surface area contributed by atoms with Crippen LogP contribution >= 0.6 is 0 Å². The Morgan fingerprint density at radius 1 is 1.40 bits per heavy atom. The molecule has 15 heavy (non-hydrogen) atoms. The molecular weight excluding hydrogens is 188 g/mol. The molecule has 1 aromatic rings. The van der Waals surface area contributed by atoms with Crippen LogP contribution in [0.2, 0.25) is 0 Å². The number of fused-ring (bicyclic) bond motifs is 1. The van der Waals surface area contributed by atoms with Gasteiger partial charge in [0.1, 0.15) is 0 Å². The van der Waals surface area contributed by atoms with Crippen LogP contribution in [0.15, 0.2) is 18.2 Å². The highest BCUT2D eigenvalue weighted by molar-refractivity contribution is 5.73. The van der Waals surface area contributed by atoms with Gasteiger partial charge in [0.15, 0.2) is 0 Å². The quantitative estimate of drug-likeness (QED) is 0.706. The van der Waals surface area contributed by atoms with E-state index < -0.39 is 0 Å². The Hall–Kier alpha value is -1.31. The molecule has 0 N–H and O–H groups in total. The molecule has 2 rings (SSSR count). The Kier molecular flexibility index (Phi) is 3.05. The van der Waals surface area contributed by atoms with Crippen molar-refractivity contribution in [3.8, 4) is 0 Å². The van der Waals surface area contributed by atoms with E-state index in [0.717, 1.165) is 18.4 Å². The number of carbonyl (C=O) groups is 1. The molecule has 0 spiro atoms. The van der Waals surface area contributed by atoms with E-state index in [9.17, 15) is 4.79 Å². The summed E-state index contributed by atoms with van der Waals surface area (Å²) in [7, 11) is 0. The van der Waals surface area contributed by atoms with E-state index >= 15 is 0 Å². The first-order valence-corrected chi connectivity index (χ1v) is 5.56. The van der Waals surface area contributed by atoms with E-state index in [1.54, 1.807) is 0 Å². The van der Waals surface area contributed by atoms with Crippen LogP contribution in [0.3, 0.4) is 0 Å². The summed E-state index contributed by atoms with van der Waals surface area (Å²) in [5, 5.41) is 0. The second-order valence-electron chi connectivity index (χ2n) is 3.89. The van der Waals surface area contributed by atoms with Crippen molar-refractivity contribution < 1.29 is 9.53 Å². The normalized spacial score (nSPS) is 13.7. The standard InChI is InChI=1S/C13H16O2/c1-2-15-13(14)9-11-7-3-5-10-6-4-8-12(10)11/h3,5,7H,2,4,6,8-9H2,1H3. The number of aryl methyl sites for hydroxylation is 1. The van der Waals surface area contributed by atoms with Gasteiger partial charge in [-0.3, -0.25) is 4.79 Å². The molecule has 0 saturated carbocycles. The zero-order chi connectivity index (χ0) is 10.7. The van der Waals surface area contributed by atoms with Gasteiger partial charge in [0.2, 0.25) is 0 Å². The predicted molar refractivity (Wildman–Crippen MR) is 58.8 cm³/mol. The monoisotopic (exact) mass is 204 g/mol. The number of rotatable bonds is 3. The van der Waals surface area contributed by atoms with Gasteiger partial charge in [0.25, 0.3) is 0 Å². The SMILES string of the molecule is CCOC(=O)Cc1cccc2c1CCC2. The summed E-state index contributed by atoms with van der Waals surface area (Å²) in [6.45, 7) is 2.31. The largest absolute Gasteiger partial charge is 0.466 e. The highest BCUT2D eigenvalue weighted by Crippen LogP contribution is 2.25. The van der Waals surface area contributed by atoms with Gasteiger partial charge < -0.3 is 4.74 Å². The van der Waals surface area contributed by atoms with Gasteiger partial charge in [-0.05, 0) is 42.9 Å². The van der Waals surface area contributed by atoms with Gasteiger partial charge in [0, 0.05) is 0 Å². The minimum atomic E-state index is -0.113. The van der Waals surface area contributed by atoms with E-state index in [2.05, 4.69) is 6.07 Å². The summed E-state index contributed by atoms with van der Waals surface area (Å²) in [5.41, 5.74) is 3.95. The first kappa shape index (κ1) is 10.2. The molecule has 0 heterocycles. The lowest BCUT2D eigenvalue weighted by Gasteiger charge is -2.07. The molecule has 1 aliphatic rings. The van der Waals surface area contributed by atoms with Crippen molar-refractivity contribution in [3.63, 3.8) is 0 Å². The Morgan fingerprint density at radius 3 is 3.07 bits per heavy atom. The molecular formula is C13H16O2. The third-order valence-electron chi connectivity index (χ3n) is 2.88. The van der Waals surface area contributed by atoms with Crippen molar-refractivity contribution in [2.75, 3.05) is 6.61 Å². The zero-order valence-corrected chi connectivity index (χ0v) is 9.08. The summed E-state index contributed by atoms with van der Waals surface area (Å²) in [5.74, 6) is -0.113. The second kappa shape index (κ2) is 4.47. The van der Waals surface area contributed by atoms with Crippen molar-refractivity contribution in [2.45, 2.75) is 32.6 Å². The third kappa shape index (κ3) is 2.20. The van der Waals surface area contributed by atoms with Crippen LogP contribution in [-0.2, 0) is 28.8 Å². The van der Waals surface area contributed by atoms with Crippen LogP contribution in [0.25, 0.3) is 0 Å². The maximum Gasteiger partial charge on any atom is 0.310 e. The minimum Gasteiger partial charge on any atom is -0.466 e. The van der Waals surface area contributed by atoms with Crippen LogP contribution in [0.1, 0.15) is 30.0 Å². The topological polar surface area (TPSA) is 26.3 Å². The lowest BCUT2D eigenvalue weighted by atomic mass is 10.0. The fourth-order valence-corrected chi connectivity index (χ4v) is 2.23. The van der Waals surface area contributed by atoms with E-state index in [4.69, 9.17) is 4.74 Å². The molecule has 2 heteroatoms. The molecule has 0 fully saturated rings.